The predicted octanol–water partition coefficient (Wildman–Crippen LogP) is 0.899. The van der Waals surface area contributed by atoms with Gasteiger partial charge in [0.2, 0.25) is 0 Å². The van der Waals surface area contributed by atoms with Crippen molar-refractivity contribution in [1.29, 1.82) is 0 Å². The maximum atomic E-state index is 8.90. The van der Waals surface area contributed by atoms with E-state index in [1.807, 2.05) is 37.1 Å². The van der Waals surface area contributed by atoms with Crippen LogP contribution in [0.4, 0.5) is 5.82 Å². The summed E-state index contributed by atoms with van der Waals surface area (Å²) in [5.41, 5.74) is 0. The molecule has 0 fully saturated rings. The molecule has 1 aromatic rings. The Labute approximate surface area is 72.7 Å². The smallest absolute Gasteiger partial charge is 0.128 e. The van der Waals surface area contributed by atoms with Gasteiger partial charge >= 0.3 is 0 Å². The lowest BCUT2D eigenvalue weighted by Gasteiger charge is -2.23. The molecular formula is C9H14N2O. The van der Waals surface area contributed by atoms with Gasteiger partial charge in [0.25, 0.3) is 0 Å². The van der Waals surface area contributed by atoms with E-state index < -0.39 is 0 Å². The topological polar surface area (TPSA) is 36.4 Å². The average molecular weight is 166 g/mol. The predicted molar refractivity (Wildman–Crippen MR) is 49.2 cm³/mol. The Hall–Kier alpha value is -1.09. The first-order valence-electron chi connectivity index (χ1n) is 4.00. The van der Waals surface area contributed by atoms with Crippen LogP contribution < -0.4 is 4.90 Å². The summed E-state index contributed by atoms with van der Waals surface area (Å²) in [7, 11) is 1.92. The van der Waals surface area contributed by atoms with Gasteiger partial charge in [0.15, 0.2) is 0 Å². The lowest BCUT2D eigenvalue weighted by molar-refractivity contribution is 0.270. The molecule has 12 heavy (non-hydrogen) atoms. The SMILES string of the molecule is C[C@@H](CO)N(C)c1ccccn1. The third kappa shape index (κ3) is 1.95. The first-order valence-corrected chi connectivity index (χ1v) is 4.00. The highest BCUT2D eigenvalue weighted by molar-refractivity contribution is 5.37. The second-order valence-corrected chi connectivity index (χ2v) is 2.83. The van der Waals surface area contributed by atoms with Crippen LogP contribution in [0.1, 0.15) is 6.92 Å². The molecule has 1 atom stereocenters. The molecule has 3 nitrogen and oxygen atoms in total. The summed E-state index contributed by atoms with van der Waals surface area (Å²) in [6.45, 7) is 2.10. The fourth-order valence-electron chi connectivity index (χ4n) is 0.911. The van der Waals surface area contributed by atoms with Gasteiger partial charge in [-0.2, -0.15) is 0 Å². The zero-order valence-electron chi connectivity index (χ0n) is 7.44. The number of aliphatic hydroxyl groups excluding tert-OH is 1. The van der Waals surface area contributed by atoms with E-state index in [1.54, 1.807) is 6.20 Å². The van der Waals surface area contributed by atoms with Crippen LogP contribution in [0.3, 0.4) is 0 Å². The Morgan fingerprint density at radius 1 is 1.58 bits per heavy atom. The molecule has 1 N–H and O–H groups in total. The summed E-state index contributed by atoms with van der Waals surface area (Å²) in [6, 6.07) is 5.84. The Kier molecular flexibility index (Phi) is 3.05. The number of aromatic nitrogens is 1. The fraction of sp³-hybridized carbons (Fsp3) is 0.444. The molecule has 66 valence electrons. The normalized spacial score (nSPS) is 12.6. The van der Waals surface area contributed by atoms with Crippen LogP contribution in [-0.2, 0) is 0 Å². The van der Waals surface area contributed by atoms with Crippen molar-refractivity contribution in [3.63, 3.8) is 0 Å². The summed E-state index contributed by atoms with van der Waals surface area (Å²) < 4.78 is 0. The van der Waals surface area contributed by atoms with Crippen LogP contribution in [0, 0.1) is 0 Å². The van der Waals surface area contributed by atoms with Gasteiger partial charge in [-0.15, -0.1) is 0 Å². The Balaban J connectivity index is 2.71. The summed E-state index contributed by atoms with van der Waals surface area (Å²) in [5.74, 6) is 0.888. The van der Waals surface area contributed by atoms with Gasteiger partial charge in [-0.25, -0.2) is 4.98 Å². The molecule has 0 amide bonds. The molecule has 0 aliphatic rings. The van der Waals surface area contributed by atoms with E-state index in [9.17, 15) is 0 Å². The maximum Gasteiger partial charge on any atom is 0.128 e. The van der Waals surface area contributed by atoms with Crippen LogP contribution in [0.2, 0.25) is 0 Å². The van der Waals surface area contributed by atoms with E-state index in [0.717, 1.165) is 5.82 Å². The molecule has 1 heterocycles. The van der Waals surface area contributed by atoms with Crippen molar-refractivity contribution in [2.45, 2.75) is 13.0 Å². The van der Waals surface area contributed by atoms with Gasteiger partial charge in [-0.3, -0.25) is 0 Å². The van der Waals surface area contributed by atoms with Gasteiger partial charge in [0.1, 0.15) is 5.82 Å². The van der Waals surface area contributed by atoms with Gasteiger partial charge in [-0.1, -0.05) is 6.07 Å². The van der Waals surface area contributed by atoms with Crippen molar-refractivity contribution in [3.8, 4) is 0 Å². The molecular weight excluding hydrogens is 152 g/mol. The molecule has 0 aliphatic carbocycles. The fourth-order valence-corrected chi connectivity index (χ4v) is 0.911. The molecule has 0 aliphatic heterocycles. The average Bonchev–Trinajstić information content (AvgIpc) is 2.17. The summed E-state index contributed by atoms with van der Waals surface area (Å²) in [4.78, 5) is 6.11. The Morgan fingerprint density at radius 2 is 2.33 bits per heavy atom. The number of hydrogen-bond acceptors (Lipinski definition) is 3. The lowest BCUT2D eigenvalue weighted by atomic mass is 10.3. The van der Waals surface area contributed by atoms with Gasteiger partial charge < -0.3 is 10.0 Å². The first-order chi connectivity index (χ1) is 5.75. The molecule has 0 aromatic carbocycles. The quantitative estimate of drug-likeness (QED) is 0.724. The van der Waals surface area contributed by atoms with Crippen molar-refractivity contribution < 1.29 is 5.11 Å². The van der Waals surface area contributed by atoms with E-state index in [1.165, 1.54) is 0 Å². The monoisotopic (exact) mass is 166 g/mol. The van der Waals surface area contributed by atoms with E-state index in [2.05, 4.69) is 4.98 Å². The highest BCUT2D eigenvalue weighted by Crippen LogP contribution is 2.09. The van der Waals surface area contributed by atoms with Crippen molar-refractivity contribution in [3.05, 3.63) is 24.4 Å². The number of aliphatic hydroxyl groups is 1. The van der Waals surface area contributed by atoms with Crippen molar-refractivity contribution >= 4 is 5.82 Å². The molecule has 0 saturated heterocycles. The summed E-state index contributed by atoms with van der Waals surface area (Å²) in [6.07, 6.45) is 1.75. The minimum absolute atomic E-state index is 0.111. The third-order valence-electron chi connectivity index (χ3n) is 1.94. The highest BCUT2D eigenvalue weighted by atomic mass is 16.3. The number of anilines is 1. The second kappa shape index (κ2) is 4.07. The van der Waals surface area contributed by atoms with Crippen molar-refractivity contribution in [1.82, 2.24) is 4.98 Å². The number of pyridine rings is 1. The van der Waals surface area contributed by atoms with Crippen LogP contribution in [-0.4, -0.2) is 29.8 Å². The van der Waals surface area contributed by atoms with Gasteiger partial charge in [0.05, 0.1) is 12.6 Å². The summed E-state index contributed by atoms with van der Waals surface area (Å²) >= 11 is 0. The van der Waals surface area contributed by atoms with Crippen LogP contribution in [0.15, 0.2) is 24.4 Å². The number of nitrogens with zero attached hydrogens (tertiary/aromatic N) is 2. The third-order valence-corrected chi connectivity index (χ3v) is 1.94. The maximum absolute atomic E-state index is 8.90. The summed E-state index contributed by atoms with van der Waals surface area (Å²) in [5, 5.41) is 8.90. The molecule has 0 radical (unpaired) electrons. The number of likely N-dealkylation sites (N-methyl/N-ethyl adjacent to an activating group) is 1. The standard InChI is InChI=1S/C9H14N2O/c1-8(7-12)11(2)9-5-3-4-6-10-9/h3-6,8,12H,7H2,1-2H3/t8-/m0/s1. The largest absolute Gasteiger partial charge is 0.394 e. The van der Waals surface area contributed by atoms with Gasteiger partial charge in [0, 0.05) is 13.2 Å². The van der Waals surface area contributed by atoms with E-state index in [0.29, 0.717) is 0 Å². The molecule has 1 aromatic heterocycles. The molecule has 3 heteroatoms. The number of hydrogen-bond donors (Lipinski definition) is 1. The van der Waals surface area contributed by atoms with Crippen molar-refractivity contribution in [2.75, 3.05) is 18.6 Å². The van der Waals surface area contributed by atoms with Gasteiger partial charge in [-0.05, 0) is 19.1 Å². The van der Waals surface area contributed by atoms with E-state index in [-0.39, 0.29) is 12.6 Å². The number of rotatable bonds is 3. The van der Waals surface area contributed by atoms with Crippen LogP contribution in [0.5, 0.6) is 0 Å². The minimum atomic E-state index is 0.111. The molecule has 0 bridgehead atoms. The first kappa shape index (κ1) is 9.00. The molecule has 1 rings (SSSR count). The van der Waals surface area contributed by atoms with Crippen LogP contribution in [0.25, 0.3) is 0 Å². The van der Waals surface area contributed by atoms with E-state index >= 15 is 0 Å². The Bertz CT molecular complexity index is 225. The Morgan fingerprint density at radius 3 is 2.83 bits per heavy atom. The zero-order chi connectivity index (χ0) is 8.97. The molecule has 0 unspecified atom stereocenters. The highest BCUT2D eigenvalue weighted by Gasteiger charge is 2.08. The van der Waals surface area contributed by atoms with Crippen LogP contribution >= 0.6 is 0 Å². The lowest BCUT2D eigenvalue weighted by Crippen LogP contribution is -2.32. The second-order valence-electron chi connectivity index (χ2n) is 2.83. The molecule has 0 spiro atoms. The minimum Gasteiger partial charge on any atom is -0.394 e. The van der Waals surface area contributed by atoms with Crippen molar-refractivity contribution in [2.24, 2.45) is 0 Å². The molecule has 0 saturated carbocycles. The zero-order valence-corrected chi connectivity index (χ0v) is 7.44. The van der Waals surface area contributed by atoms with E-state index in [4.69, 9.17) is 5.11 Å².